The van der Waals surface area contributed by atoms with E-state index < -0.39 is 0 Å². The summed E-state index contributed by atoms with van der Waals surface area (Å²) in [5, 5.41) is 15.0. The fourth-order valence-corrected chi connectivity index (χ4v) is 2.22. The van der Waals surface area contributed by atoms with Crippen LogP contribution >= 0.6 is 0 Å². The molecule has 0 fully saturated rings. The van der Waals surface area contributed by atoms with E-state index in [2.05, 4.69) is 20.6 Å². The van der Waals surface area contributed by atoms with Gasteiger partial charge in [-0.05, 0) is 43.3 Å². The lowest BCUT2D eigenvalue weighted by atomic mass is 10.3. The number of benzene rings is 1. The van der Waals surface area contributed by atoms with Crippen molar-refractivity contribution >= 4 is 11.8 Å². The van der Waals surface area contributed by atoms with Crippen LogP contribution in [0.25, 0.3) is 5.82 Å². The van der Waals surface area contributed by atoms with E-state index in [4.69, 9.17) is 4.74 Å². The second-order valence-corrected chi connectivity index (χ2v) is 5.82. The Bertz CT molecular complexity index is 895. The first-order valence-corrected chi connectivity index (χ1v) is 8.28. The number of hydrogen-bond donors (Lipinski definition) is 1. The number of anilines is 1. The lowest BCUT2D eigenvalue weighted by molar-refractivity contribution is 0.207. The van der Waals surface area contributed by atoms with Gasteiger partial charge in [0.1, 0.15) is 24.0 Å². The highest BCUT2D eigenvalue weighted by Gasteiger charge is 2.13. The molecule has 2 heterocycles. The van der Waals surface area contributed by atoms with Crippen molar-refractivity contribution < 1.29 is 13.9 Å². The fraction of sp³-hybridized carbons (Fsp3) is 0.222. The number of carbonyl (C=O) groups excluding carboxylic acids is 1. The normalized spacial score (nSPS) is 10.5. The van der Waals surface area contributed by atoms with Crippen molar-refractivity contribution in [3.05, 3.63) is 60.2 Å². The van der Waals surface area contributed by atoms with Crippen LogP contribution < -0.4 is 10.1 Å². The quantitative estimate of drug-likeness (QED) is 0.721. The van der Waals surface area contributed by atoms with Crippen molar-refractivity contribution in [2.75, 3.05) is 25.5 Å². The summed E-state index contributed by atoms with van der Waals surface area (Å²) in [6.07, 6.45) is 1.56. The van der Waals surface area contributed by atoms with Crippen molar-refractivity contribution in [2.24, 2.45) is 0 Å². The van der Waals surface area contributed by atoms with Gasteiger partial charge in [-0.2, -0.15) is 14.9 Å². The van der Waals surface area contributed by atoms with Crippen LogP contribution in [0.1, 0.15) is 5.69 Å². The number of urea groups is 1. The minimum Gasteiger partial charge on any atom is -0.492 e. The number of nitrogens with zero attached hydrogens (tertiary/aromatic N) is 5. The lowest BCUT2D eigenvalue weighted by Crippen LogP contribution is -2.35. The van der Waals surface area contributed by atoms with Gasteiger partial charge in [-0.25, -0.2) is 9.18 Å². The summed E-state index contributed by atoms with van der Waals surface area (Å²) in [5.41, 5.74) is 0.789. The molecule has 0 spiro atoms. The molecule has 0 aliphatic carbocycles. The minimum atomic E-state index is -0.325. The largest absolute Gasteiger partial charge is 0.492 e. The number of aromatic nitrogens is 4. The van der Waals surface area contributed by atoms with E-state index in [0.717, 1.165) is 5.69 Å². The molecule has 1 N–H and O–H groups in total. The van der Waals surface area contributed by atoms with Gasteiger partial charge in [-0.1, -0.05) is 0 Å². The molecule has 0 radical (unpaired) electrons. The molecule has 140 valence electrons. The molecule has 0 aliphatic heterocycles. The summed E-state index contributed by atoms with van der Waals surface area (Å²) in [6.45, 7) is 2.46. The van der Waals surface area contributed by atoms with E-state index in [0.29, 0.717) is 23.9 Å². The molecule has 0 saturated heterocycles. The first-order chi connectivity index (χ1) is 13.0. The van der Waals surface area contributed by atoms with Gasteiger partial charge in [0.05, 0.1) is 18.4 Å². The first-order valence-electron chi connectivity index (χ1n) is 8.28. The molecule has 3 aromatic rings. The molecule has 0 aliphatic rings. The highest BCUT2D eigenvalue weighted by molar-refractivity contribution is 5.88. The smallest absolute Gasteiger partial charge is 0.322 e. The molecule has 8 nitrogen and oxygen atoms in total. The van der Waals surface area contributed by atoms with Crippen LogP contribution in [0, 0.1) is 12.7 Å². The maximum atomic E-state index is 12.9. The average molecular weight is 370 g/mol. The molecule has 9 heteroatoms. The van der Waals surface area contributed by atoms with Crippen molar-refractivity contribution in [3.8, 4) is 11.6 Å². The Morgan fingerprint density at radius 3 is 2.67 bits per heavy atom. The molecule has 2 aromatic heterocycles. The Kier molecular flexibility index (Phi) is 5.60. The van der Waals surface area contributed by atoms with Crippen LogP contribution in [0.15, 0.2) is 48.7 Å². The van der Waals surface area contributed by atoms with E-state index in [1.54, 1.807) is 25.4 Å². The molecule has 0 saturated carbocycles. The third-order valence-electron chi connectivity index (χ3n) is 3.73. The number of hydrogen-bond acceptors (Lipinski definition) is 5. The van der Waals surface area contributed by atoms with Gasteiger partial charge in [0.2, 0.25) is 0 Å². The van der Waals surface area contributed by atoms with Crippen LogP contribution in [0.5, 0.6) is 5.75 Å². The molecule has 0 bridgehead atoms. The first kappa shape index (κ1) is 18.3. The summed E-state index contributed by atoms with van der Waals surface area (Å²) in [7, 11) is 1.65. The number of likely N-dealkylation sites (N-methyl/N-ethyl adjacent to an activating group) is 1. The molecule has 0 atom stereocenters. The standard InChI is InChI=1S/C18H19FN6O2/c1-13-3-8-17(23-22-13)25-16(9-10-20-25)21-18(26)24(2)11-12-27-15-6-4-14(19)5-7-15/h3-10H,11-12H2,1-2H3,(H,21,26). The number of rotatable bonds is 6. The molecule has 0 unspecified atom stereocenters. The second kappa shape index (κ2) is 8.26. The van der Waals surface area contributed by atoms with Gasteiger partial charge < -0.3 is 9.64 Å². The van der Waals surface area contributed by atoms with Crippen LogP contribution in [0.2, 0.25) is 0 Å². The molecular weight excluding hydrogens is 351 g/mol. The lowest BCUT2D eigenvalue weighted by Gasteiger charge is -2.18. The summed E-state index contributed by atoms with van der Waals surface area (Å²) < 4.78 is 19.9. The van der Waals surface area contributed by atoms with E-state index in [9.17, 15) is 9.18 Å². The van der Waals surface area contributed by atoms with Crippen molar-refractivity contribution in [3.63, 3.8) is 0 Å². The molecule has 3 rings (SSSR count). The van der Waals surface area contributed by atoms with Crippen molar-refractivity contribution in [2.45, 2.75) is 6.92 Å². The summed E-state index contributed by atoms with van der Waals surface area (Å²) in [4.78, 5) is 13.8. The zero-order valence-corrected chi connectivity index (χ0v) is 15.0. The maximum Gasteiger partial charge on any atom is 0.322 e. The zero-order chi connectivity index (χ0) is 19.2. The van der Waals surface area contributed by atoms with Crippen LogP contribution in [0.3, 0.4) is 0 Å². The number of carbonyl (C=O) groups is 1. The van der Waals surface area contributed by atoms with Gasteiger partial charge in [0, 0.05) is 13.1 Å². The Hall–Kier alpha value is -3.49. The van der Waals surface area contributed by atoms with Crippen LogP contribution in [0.4, 0.5) is 15.0 Å². The monoisotopic (exact) mass is 370 g/mol. The van der Waals surface area contributed by atoms with Gasteiger partial charge in [0.25, 0.3) is 0 Å². The Labute approximate surface area is 155 Å². The summed E-state index contributed by atoms with van der Waals surface area (Å²) in [5.74, 6) is 1.20. The van der Waals surface area contributed by atoms with E-state index in [1.807, 2.05) is 13.0 Å². The average Bonchev–Trinajstić information content (AvgIpc) is 3.12. The van der Waals surface area contributed by atoms with Crippen LogP contribution in [-0.4, -0.2) is 51.1 Å². The van der Waals surface area contributed by atoms with Gasteiger partial charge in [0.15, 0.2) is 5.82 Å². The molecule has 2 amide bonds. The second-order valence-electron chi connectivity index (χ2n) is 5.82. The number of aryl methyl sites for hydroxylation is 1. The third-order valence-corrected chi connectivity index (χ3v) is 3.73. The summed E-state index contributed by atoms with van der Waals surface area (Å²) in [6, 6.07) is 10.6. The third kappa shape index (κ3) is 4.78. The van der Waals surface area contributed by atoms with Gasteiger partial charge in [-0.3, -0.25) is 5.32 Å². The Morgan fingerprint density at radius 2 is 1.96 bits per heavy atom. The molecule has 1 aromatic carbocycles. The zero-order valence-electron chi connectivity index (χ0n) is 15.0. The number of nitrogens with one attached hydrogen (secondary N) is 1. The minimum absolute atomic E-state index is 0.276. The van der Waals surface area contributed by atoms with E-state index >= 15 is 0 Å². The SMILES string of the molecule is Cc1ccc(-n2nccc2NC(=O)N(C)CCOc2ccc(F)cc2)nn1. The van der Waals surface area contributed by atoms with Crippen molar-refractivity contribution in [1.29, 1.82) is 0 Å². The van der Waals surface area contributed by atoms with E-state index in [-0.39, 0.29) is 18.5 Å². The number of halogens is 1. The Morgan fingerprint density at radius 1 is 1.19 bits per heavy atom. The summed E-state index contributed by atoms with van der Waals surface area (Å²) >= 11 is 0. The highest BCUT2D eigenvalue weighted by atomic mass is 19.1. The maximum absolute atomic E-state index is 12.9. The number of amides is 2. The molecule has 27 heavy (non-hydrogen) atoms. The molecular formula is C18H19FN6O2. The number of ether oxygens (including phenoxy) is 1. The topological polar surface area (TPSA) is 85.2 Å². The van der Waals surface area contributed by atoms with Crippen molar-refractivity contribution in [1.82, 2.24) is 24.9 Å². The van der Waals surface area contributed by atoms with E-state index in [1.165, 1.54) is 33.8 Å². The van der Waals surface area contributed by atoms with Gasteiger partial charge in [-0.15, -0.1) is 5.10 Å². The highest BCUT2D eigenvalue weighted by Crippen LogP contribution is 2.13. The Balaban J connectivity index is 1.55. The predicted octanol–water partition coefficient (Wildman–Crippen LogP) is 2.65. The van der Waals surface area contributed by atoms with Gasteiger partial charge >= 0.3 is 6.03 Å². The predicted molar refractivity (Wildman–Crippen MR) is 97.4 cm³/mol. The van der Waals surface area contributed by atoms with Crippen LogP contribution in [-0.2, 0) is 0 Å². The fourth-order valence-electron chi connectivity index (χ4n) is 2.22.